The molecule has 2 aromatic carbocycles. The zero-order valence-corrected chi connectivity index (χ0v) is 16.9. The molecule has 3 rings (SSSR count). The smallest absolute Gasteiger partial charge is 0.255 e. The number of aryl methyl sites for hydroxylation is 1. The first-order valence-electron chi connectivity index (χ1n) is 8.69. The van der Waals surface area contributed by atoms with Gasteiger partial charge in [0.05, 0.1) is 11.3 Å². The van der Waals surface area contributed by atoms with E-state index in [0.29, 0.717) is 43.0 Å². The molecule has 8 heteroatoms. The summed E-state index contributed by atoms with van der Waals surface area (Å²) in [6, 6.07) is 4.67. The van der Waals surface area contributed by atoms with Gasteiger partial charge in [0.1, 0.15) is 5.82 Å². The topological polar surface area (TPSA) is 40.6 Å². The third kappa shape index (κ3) is 3.92. The van der Waals surface area contributed by atoms with Gasteiger partial charge in [-0.3, -0.25) is 9.59 Å². The maximum absolute atomic E-state index is 14.5. The lowest BCUT2D eigenvalue weighted by molar-refractivity contribution is 0.0744. The van der Waals surface area contributed by atoms with Crippen LogP contribution in [-0.2, 0) is 0 Å². The number of carbonyl (C=O) groups is 2. The summed E-state index contributed by atoms with van der Waals surface area (Å²) in [6.07, 6.45) is 0. The molecule has 1 aliphatic rings. The molecule has 148 valence electrons. The van der Waals surface area contributed by atoms with Crippen molar-refractivity contribution in [1.82, 2.24) is 4.90 Å². The second-order valence-corrected chi connectivity index (χ2v) is 7.55. The van der Waals surface area contributed by atoms with Gasteiger partial charge in [-0.25, -0.2) is 13.2 Å². The minimum Gasteiger partial charge on any atom is -0.366 e. The van der Waals surface area contributed by atoms with Gasteiger partial charge in [0.15, 0.2) is 17.4 Å². The van der Waals surface area contributed by atoms with E-state index in [9.17, 15) is 22.8 Å². The van der Waals surface area contributed by atoms with Crippen LogP contribution in [0.15, 0.2) is 28.7 Å². The third-order valence-electron chi connectivity index (χ3n) is 4.82. The van der Waals surface area contributed by atoms with Crippen molar-refractivity contribution in [3.63, 3.8) is 0 Å². The van der Waals surface area contributed by atoms with Crippen LogP contribution in [-0.4, -0.2) is 42.8 Å². The average molecular weight is 455 g/mol. The zero-order valence-electron chi connectivity index (χ0n) is 15.4. The number of hydrogen-bond acceptors (Lipinski definition) is 3. The molecule has 0 atom stereocenters. The van der Waals surface area contributed by atoms with Gasteiger partial charge in [-0.1, -0.05) is 0 Å². The predicted octanol–water partition coefficient (Wildman–Crippen LogP) is 4.34. The van der Waals surface area contributed by atoms with Crippen LogP contribution in [0.5, 0.6) is 0 Å². The summed E-state index contributed by atoms with van der Waals surface area (Å²) in [5.74, 6) is -3.23. The molecule has 1 aliphatic heterocycles. The first kappa shape index (κ1) is 20.4. The Bertz CT molecular complexity index is 957. The Hall–Kier alpha value is -2.35. The Morgan fingerprint density at radius 1 is 0.893 bits per heavy atom. The summed E-state index contributed by atoms with van der Waals surface area (Å²) in [5.41, 5.74) is 1.45. The molecule has 28 heavy (non-hydrogen) atoms. The van der Waals surface area contributed by atoms with Gasteiger partial charge >= 0.3 is 0 Å². The van der Waals surface area contributed by atoms with Crippen molar-refractivity contribution in [3.8, 4) is 0 Å². The van der Waals surface area contributed by atoms with E-state index >= 15 is 0 Å². The monoisotopic (exact) mass is 454 g/mol. The van der Waals surface area contributed by atoms with Crippen LogP contribution >= 0.6 is 15.9 Å². The second kappa shape index (κ2) is 7.95. The van der Waals surface area contributed by atoms with Gasteiger partial charge < -0.3 is 9.80 Å². The number of rotatable bonds is 3. The Morgan fingerprint density at radius 3 is 2.07 bits per heavy atom. The number of amides is 1. The maximum Gasteiger partial charge on any atom is 0.255 e. The van der Waals surface area contributed by atoms with E-state index in [0.717, 1.165) is 12.1 Å². The van der Waals surface area contributed by atoms with E-state index in [-0.39, 0.29) is 15.8 Å². The highest BCUT2D eigenvalue weighted by molar-refractivity contribution is 9.10. The normalized spacial score (nSPS) is 14.4. The molecule has 1 heterocycles. The first-order chi connectivity index (χ1) is 13.2. The van der Waals surface area contributed by atoms with Gasteiger partial charge in [-0.2, -0.15) is 0 Å². The van der Waals surface area contributed by atoms with Crippen LogP contribution in [0.4, 0.5) is 18.9 Å². The Labute approximate surface area is 169 Å². The molecule has 1 amide bonds. The summed E-state index contributed by atoms with van der Waals surface area (Å²) >= 11 is 3.09. The van der Waals surface area contributed by atoms with E-state index in [1.165, 1.54) is 17.9 Å². The minimum absolute atomic E-state index is 0.0418. The lowest BCUT2D eigenvalue weighted by Crippen LogP contribution is -2.49. The molecule has 0 unspecified atom stereocenters. The summed E-state index contributed by atoms with van der Waals surface area (Å²) in [5, 5.41) is 0. The van der Waals surface area contributed by atoms with Crippen molar-refractivity contribution in [2.75, 3.05) is 31.1 Å². The molecule has 0 bridgehead atoms. The number of hydrogen-bond donors (Lipinski definition) is 0. The predicted molar refractivity (Wildman–Crippen MR) is 103 cm³/mol. The highest BCUT2D eigenvalue weighted by atomic mass is 79.9. The molecule has 1 fully saturated rings. The Balaban J connectivity index is 1.75. The summed E-state index contributed by atoms with van der Waals surface area (Å²) in [7, 11) is 0. The molecule has 0 aliphatic carbocycles. The lowest BCUT2D eigenvalue weighted by atomic mass is 10.0. The Kier molecular flexibility index (Phi) is 5.79. The number of anilines is 1. The Morgan fingerprint density at radius 2 is 1.46 bits per heavy atom. The van der Waals surface area contributed by atoms with Crippen molar-refractivity contribution in [1.29, 1.82) is 0 Å². The zero-order chi connectivity index (χ0) is 20.6. The van der Waals surface area contributed by atoms with E-state index < -0.39 is 23.4 Å². The lowest BCUT2D eigenvalue weighted by Gasteiger charge is -2.36. The van der Waals surface area contributed by atoms with Crippen LogP contribution in [0.25, 0.3) is 0 Å². The van der Waals surface area contributed by atoms with Crippen LogP contribution in [0.1, 0.15) is 33.2 Å². The van der Waals surface area contributed by atoms with Crippen LogP contribution in [0, 0.1) is 24.4 Å². The number of Topliss-reactive ketones (excluding diaryl/α,β-unsaturated/α-hetero) is 1. The summed E-state index contributed by atoms with van der Waals surface area (Å²) in [4.78, 5) is 27.5. The van der Waals surface area contributed by atoms with Crippen LogP contribution in [0.2, 0.25) is 0 Å². The molecule has 4 nitrogen and oxygen atoms in total. The van der Waals surface area contributed by atoms with Crippen LogP contribution in [0.3, 0.4) is 0 Å². The van der Waals surface area contributed by atoms with Crippen molar-refractivity contribution < 1.29 is 22.8 Å². The number of carbonyl (C=O) groups excluding carboxylic acids is 2. The fourth-order valence-electron chi connectivity index (χ4n) is 3.30. The van der Waals surface area contributed by atoms with Gasteiger partial charge in [-0.05, 0) is 59.6 Å². The fourth-order valence-corrected chi connectivity index (χ4v) is 3.78. The van der Waals surface area contributed by atoms with Crippen molar-refractivity contribution in [2.24, 2.45) is 0 Å². The molecular weight excluding hydrogens is 437 g/mol. The summed E-state index contributed by atoms with van der Waals surface area (Å²) in [6.45, 7) is 4.50. The number of ketones is 1. The summed E-state index contributed by atoms with van der Waals surface area (Å²) < 4.78 is 41.4. The SMILES string of the molecule is CC(=O)c1cc(F)c(N2CCN(C(=O)c3cc(F)c(F)cc3Br)CC2)cc1C. The number of piperazine rings is 1. The fraction of sp³-hybridized carbons (Fsp3) is 0.300. The highest BCUT2D eigenvalue weighted by Gasteiger charge is 2.26. The van der Waals surface area contributed by atoms with E-state index in [2.05, 4.69) is 15.9 Å². The second-order valence-electron chi connectivity index (χ2n) is 6.70. The molecule has 0 aromatic heterocycles. The van der Waals surface area contributed by atoms with E-state index in [4.69, 9.17) is 0 Å². The van der Waals surface area contributed by atoms with Gasteiger partial charge in [0, 0.05) is 36.2 Å². The van der Waals surface area contributed by atoms with E-state index in [1.54, 1.807) is 17.9 Å². The van der Waals surface area contributed by atoms with Crippen LogP contribution < -0.4 is 4.90 Å². The largest absolute Gasteiger partial charge is 0.366 e. The van der Waals surface area contributed by atoms with E-state index in [1.807, 2.05) is 0 Å². The molecule has 1 saturated heterocycles. The molecular formula is C20H18BrF3N2O2. The first-order valence-corrected chi connectivity index (χ1v) is 9.48. The average Bonchev–Trinajstić information content (AvgIpc) is 2.65. The molecule has 0 saturated carbocycles. The van der Waals surface area contributed by atoms with Gasteiger partial charge in [0.2, 0.25) is 0 Å². The number of benzene rings is 2. The quantitative estimate of drug-likeness (QED) is 0.511. The maximum atomic E-state index is 14.5. The molecule has 0 spiro atoms. The highest BCUT2D eigenvalue weighted by Crippen LogP contribution is 2.27. The number of halogens is 4. The van der Waals surface area contributed by atoms with Crippen molar-refractivity contribution >= 4 is 33.3 Å². The minimum atomic E-state index is -1.09. The van der Waals surface area contributed by atoms with Crippen molar-refractivity contribution in [3.05, 3.63) is 62.9 Å². The number of nitrogens with zero attached hydrogens (tertiary/aromatic N) is 2. The molecule has 0 radical (unpaired) electrons. The van der Waals surface area contributed by atoms with Crippen molar-refractivity contribution in [2.45, 2.75) is 13.8 Å². The standard InChI is InChI=1S/C20H18BrF3N2O2/c1-11-7-19(18(24)8-13(11)12(2)27)25-3-5-26(6-4-25)20(28)14-9-16(22)17(23)10-15(14)21/h7-10H,3-6H2,1-2H3. The third-order valence-corrected chi connectivity index (χ3v) is 5.48. The molecule has 2 aromatic rings. The molecule has 0 N–H and O–H groups in total. The van der Waals surface area contributed by atoms with Gasteiger partial charge in [0.25, 0.3) is 5.91 Å². The van der Waals surface area contributed by atoms with Gasteiger partial charge in [-0.15, -0.1) is 0 Å².